The topological polar surface area (TPSA) is 60.5 Å². The Morgan fingerprint density at radius 3 is 2.70 bits per heavy atom. The molecule has 2 aromatic carbocycles. The molecule has 0 bridgehead atoms. The van der Waals surface area contributed by atoms with Crippen LogP contribution in [0.15, 0.2) is 48.5 Å². The highest BCUT2D eigenvalue weighted by molar-refractivity contribution is 7.13. The van der Waals surface area contributed by atoms with Gasteiger partial charge in [0.2, 0.25) is 0 Å². The molecule has 0 spiro atoms. The van der Waals surface area contributed by atoms with Gasteiger partial charge in [0.25, 0.3) is 5.91 Å². The first-order valence-corrected chi connectivity index (χ1v) is 9.50. The lowest BCUT2D eigenvalue weighted by molar-refractivity contribution is 0.0954. The van der Waals surface area contributed by atoms with Crippen molar-refractivity contribution in [2.75, 3.05) is 7.11 Å². The van der Waals surface area contributed by atoms with Crippen molar-refractivity contribution < 1.29 is 14.3 Å². The molecule has 0 saturated heterocycles. The average Bonchev–Trinajstić information content (AvgIpc) is 3.06. The van der Waals surface area contributed by atoms with Gasteiger partial charge in [0.1, 0.15) is 28.0 Å². The normalized spacial score (nSPS) is 10.5. The fraction of sp³-hybridized carbons (Fsp3) is 0.200. The Bertz CT molecular complexity index is 925. The van der Waals surface area contributed by atoms with Crippen molar-refractivity contribution in [3.8, 4) is 11.5 Å². The molecule has 1 heterocycles. The molecule has 5 nitrogen and oxygen atoms in total. The van der Waals surface area contributed by atoms with Crippen LogP contribution in [0.3, 0.4) is 0 Å². The monoisotopic (exact) mass is 402 g/mol. The van der Waals surface area contributed by atoms with Crippen LogP contribution in [0, 0.1) is 6.92 Å². The number of aromatic nitrogens is 1. The highest BCUT2D eigenvalue weighted by Gasteiger charge is 2.15. The van der Waals surface area contributed by atoms with Gasteiger partial charge in [0.15, 0.2) is 0 Å². The van der Waals surface area contributed by atoms with Crippen molar-refractivity contribution in [2.45, 2.75) is 20.1 Å². The minimum atomic E-state index is -0.148. The molecule has 1 amide bonds. The van der Waals surface area contributed by atoms with Crippen LogP contribution in [0.5, 0.6) is 11.5 Å². The molecule has 0 radical (unpaired) electrons. The van der Waals surface area contributed by atoms with Crippen LogP contribution < -0.4 is 14.8 Å². The fourth-order valence-electron chi connectivity index (χ4n) is 2.45. The summed E-state index contributed by atoms with van der Waals surface area (Å²) in [4.78, 5) is 17.5. The lowest BCUT2D eigenvalue weighted by Crippen LogP contribution is -2.22. The molecule has 0 atom stereocenters. The van der Waals surface area contributed by atoms with Crippen LogP contribution in [-0.2, 0) is 13.2 Å². The highest BCUT2D eigenvalue weighted by atomic mass is 35.5. The van der Waals surface area contributed by atoms with Gasteiger partial charge in [-0.2, -0.15) is 0 Å². The number of hydrogen-bond acceptors (Lipinski definition) is 5. The summed E-state index contributed by atoms with van der Waals surface area (Å²) in [6.45, 7) is 2.54. The minimum absolute atomic E-state index is 0.148. The minimum Gasteiger partial charge on any atom is -0.497 e. The van der Waals surface area contributed by atoms with Crippen LogP contribution >= 0.6 is 22.9 Å². The number of carbonyl (C=O) groups excluding carboxylic acids is 1. The quantitative estimate of drug-likeness (QED) is 0.626. The maximum atomic E-state index is 12.5. The van der Waals surface area contributed by atoms with Gasteiger partial charge < -0.3 is 14.8 Å². The third-order valence-electron chi connectivity index (χ3n) is 3.81. The Kier molecular flexibility index (Phi) is 6.32. The summed E-state index contributed by atoms with van der Waals surface area (Å²) in [6, 6.07) is 14.7. The van der Waals surface area contributed by atoms with E-state index in [1.165, 1.54) is 11.3 Å². The first-order valence-electron chi connectivity index (χ1n) is 8.31. The van der Waals surface area contributed by atoms with Crippen molar-refractivity contribution >= 4 is 28.8 Å². The van der Waals surface area contributed by atoms with Gasteiger partial charge in [-0.05, 0) is 48.9 Å². The summed E-state index contributed by atoms with van der Waals surface area (Å²) in [5, 5.41) is 4.32. The number of rotatable bonds is 7. The molecule has 0 aliphatic heterocycles. The smallest absolute Gasteiger partial charge is 0.263 e. The zero-order chi connectivity index (χ0) is 19.2. The van der Waals surface area contributed by atoms with Crippen LogP contribution in [0.1, 0.15) is 25.9 Å². The number of ether oxygens (including phenoxy) is 2. The number of hydrogen-bond donors (Lipinski definition) is 1. The number of amides is 1. The van der Waals surface area contributed by atoms with Crippen LogP contribution in [0.25, 0.3) is 0 Å². The zero-order valence-corrected chi connectivity index (χ0v) is 16.6. The van der Waals surface area contributed by atoms with Crippen molar-refractivity contribution in [3.05, 3.63) is 74.7 Å². The Morgan fingerprint density at radius 1 is 1.19 bits per heavy atom. The molecule has 3 rings (SSSR count). The summed E-state index contributed by atoms with van der Waals surface area (Å²) in [7, 11) is 1.62. The second-order valence-corrected chi connectivity index (χ2v) is 7.32. The van der Waals surface area contributed by atoms with E-state index >= 15 is 0 Å². The Labute approximate surface area is 166 Å². The number of benzene rings is 2. The predicted molar refractivity (Wildman–Crippen MR) is 107 cm³/mol. The van der Waals surface area contributed by atoms with E-state index in [0.717, 1.165) is 16.3 Å². The Balaban J connectivity index is 1.59. The Hall–Kier alpha value is -2.57. The number of nitrogens with one attached hydrogen (secondary N) is 1. The zero-order valence-electron chi connectivity index (χ0n) is 15.0. The number of methoxy groups -OCH3 is 1. The molecule has 3 aromatic rings. The molecule has 140 valence electrons. The molecule has 1 N–H and O–H groups in total. The summed E-state index contributed by atoms with van der Waals surface area (Å²) >= 11 is 7.20. The summed E-state index contributed by atoms with van der Waals surface area (Å²) in [5.41, 5.74) is 1.66. The first-order chi connectivity index (χ1) is 13.0. The van der Waals surface area contributed by atoms with E-state index in [2.05, 4.69) is 10.3 Å². The standard InChI is InChI=1S/C20H19ClN2O3S/c1-13-19(20(24)22-11-14-4-3-5-17(10-14)25-2)27-18(23-13)12-26-16-8-6-15(21)7-9-16/h3-10H,11-12H2,1-2H3,(H,22,24). The van der Waals surface area contributed by atoms with E-state index in [0.29, 0.717) is 34.5 Å². The first kappa shape index (κ1) is 19.2. The molecule has 7 heteroatoms. The summed E-state index contributed by atoms with van der Waals surface area (Å²) in [6.07, 6.45) is 0. The Morgan fingerprint density at radius 2 is 1.96 bits per heavy atom. The van der Waals surface area contributed by atoms with E-state index in [9.17, 15) is 4.79 Å². The predicted octanol–water partition coefficient (Wildman–Crippen LogP) is 4.62. The molecule has 0 fully saturated rings. The number of aryl methyl sites for hydroxylation is 1. The molecular weight excluding hydrogens is 384 g/mol. The molecule has 0 saturated carbocycles. The molecule has 0 aliphatic carbocycles. The van der Waals surface area contributed by atoms with E-state index < -0.39 is 0 Å². The molecule has 0 aliphatic rings. The third-order valence-corrected chi connectivity index (χ3v) is 5.19. The van der Waals surface area contributed by atoms with Gasteiger partial charge in [0, 0.05) is 11.6 Å². The van der Waals surface area contributed by atoms with Crippen molar-refractivity contribution in [1.82, 2.24) is 10.3 Å². The van der Waals surface area contributed by atoms with Crippen molar-refractivity contribution in [2.24, 2.45) is 0 Å². The van der Waals surface area contributed by atoms with Crippen molar-refractivity contribution in [3.63, 3.8) is 0 Å². The highest BCUT2D eigenvalue weighted by Crippen LogP contribution is 2.22. The molecule has 1 aromatic heterocycles. The SMILES string of the molecule is COc1cccc(CNC(=O)c2sc(COc3ccc(Cl)cc3)nc2C)c1. The number of carbonyl (C=O) groups is 1. The van der Waals surface area contributed by atoms with E-state index in [-0.39, 0.29) is 5.91 Å². The van der Waals surface area contributed by atoms with Crippen LogP contribution in [0.4, 0.5) is 0 Å². The van der Waals surface area contributed by atoms with Gasteiger partial charge in [-0.1, -0.05) is 23.7 Å². The third kappa shape index (κ3) is 5.21. The van der Waals surface area contributed by atoms with Crippen molar-refractivity contribution in [1.29, 1.82) is 0 Å². The lowest BCUT2D eigenvalue weighted by Gasteiger charge is -2.06. The maximum Gasteiger partial charge on any atom is 0.263 e. The second-order valence-electron chi connectivity index (χ2n) is 5.80. The fourth-order valence-corrected chi connectivity index (χ4v) is 3.47. The van der Waals surface area contributed by atoms with Gasteiger partial charge in [-0.15, -0.1) is 11.3 Å². The van der Waals surface area contributed by atoms with E-state index in [1.807, 2.05) is 31.2 Å². The average molecular weight is 403 g/mol. The number of thiazole rings is 1. The van der Waals surface area contributed by atoms with Crippen LogP contribution in [0.2, 0.25) is 5.02 Å². The number of halogens is 1. The maximum absolute atomic E-state index is 12.5. The van der Waals surface area contributed by atoms with E-state index in [1.54, 1.807) is 31.4 Å². The van der Waals surface area contributed by atoms with Gasteiger partial charge in [-0.3, -0.25) is 4.79 Å². The van der Waals surface area contributed by atoms with Gasteiger partial charge >= 0.3 is 0 Å². The molecule has 27 heavy (non-hydrogen) atoms. The van der Waals surface area contributed by atoms with E-state index in [4.69, 9.17) is 21.1 Å². The largest absolute Gasteiger partial charge is 0.497 e. The van der Waals surface area contributed by atoms with Gasteiger partial charge in [-0.25, -0.2) is 4.98 Å². The number of nitrogens with zero attached hydrogens (tertiary/aromatic N) is 1. The van der Waals surface area contributed by atoms with Crippen LogP contribution in [-0.4, -0.2) is 18.0 Å². The summed E-state index contributed by atoms with van der Waals surface area (Å²) < 4.78 is 10.9. The molecular formula is C20H19ClN2O3S. The lowest BCUT2D eigenvalue weighted by atomic mass is 10.2. The summed E-state index contributed by atoms with van der Waals surface area (Å²) in [5.74, 6) is 1.32. The second kappa shape index (κ2) is 8.88. The molecule has 0 unspecified atom stereocenters. The van der Waals surface area contributed by atoms with Gasteiger partial charge in [0.05, 0.1) is 12.8 Å².